The second kappa shape index (κ2) is 7.25. The Bertz CT molecular complexity index is 180. The first-order valence-electron chi connectivity index (χ1n) is 6.77. The maximum atomic E-state index is 5.92. The summed E-state index contributed by atoms with van der Waals surface area (Å²) in [6.45, 7) is 6.84. The lowest BCUT2D eigenvalue weighted by Crippen LogP contribution is -2.48. The molecule has 96 valence electrons. The minimum absolute atomic E-state index is 0.722. The lowest BCUT2D eigenvalue weighted by atomic mass is 9.87. The molecule has 3 heteroatoms. The van der Waals surface area contributed by atoms with E-state index >= 15 is 0 Å². The van der Waals surface area contributed by atoms with E-state index in [4.69, 9.17) is 5.73 Å². The molecule has 0 amide bonds. The average molecular weight is 227 g/mol. The van der Waals surface area contributed by atoms with Crippen molar-refractivity contribution in [2.24, 2.45) is 11.7 Å². The molecule has 1 aliphatic heterocycles. The number of nitrogens with two attached hydrogens (primary N) is 1. The first kappa shape index (κ1) is 13.9. The van der Waals surface area contributed by atoms with Gasteiger partial charge in [-0.3, -0.25) is 0 Å². The first-order chi connectivity index (χ1) is 7.69. The van der Waals surface area contributed by atoms with Crippen LogP contribution >= 0.6 is 0 Å². The molecule has 0 radical (unpaired) electrons. The van der Waals surface area contributed by atoms with Crippen molar-refractivity contribution in [1.82, 2.24) is 9.80 Å². The molecule has 1 heterocycles. The van der Waals surface area contributed by atoms with Gasteiger partial charge in [-0.05, 0) is 71.9 Å². The summed E-state index contributed by atoms with van der Waals surface area (Å²) < 4.78 is 0. The summed E-state index contributed by atoms with van der Waals surface area (Å²) >= 11 is 0. The third kappa shape index (κ3) is 4.04. The SMILES string of the molecule is CCCN1CCC[C@H](CN)[C@H]1CCN(C)C. The van der Waals surface area contributed by atoms with Crippen molar-refractivity contribution in [2.45, 2.75) is 38.6 Å². The van der Waals surface area contributed by atoms with Gasteiger partial charge in [-0.1, -0.05) is 6.92 Å². The summed E-state index contributed by atoms with van der Waals surface area (Å²) in [4.78, 5) is 4.96. The van der Waals surface area contributed by atoms with E-state index in [9.17, 15) is 0 Å². The van der Waals surface area contributed by atoms with Crippen molar-refractivity contribution >= 4 is 0 Å². The van der Waals surface area contributed by atoms with E-state index in [1.54, 1.807) is 0 Å². The van der Waals surface area contributed by atoms with E-state index in [0.29, 0.717) is 0 Å². The van der Waals surface area contributed by atoms with Crippen molar-refractivity contribution in [2.75, 3.05) is 40.3 Å². The first-order valence-corrected chi connectivity index (χ1v) is 6.77. The van der Waals surface area contributed by atoms with Gasteiger partial charge in [0.2, 0.25) is 0 Å². The predicted molar refractivity (Wildman–Crippen MR) is 70.6 cm³/mol. The number of hydrogen-bond donors (Lipinski definition) is 1. The maximum Gasteiger partial charge on any atom is 0.0148 e. The average Bonchev–Trinajstić information content (AvgIpc) is 2.27. The number of nitrogens with zero attached hydrogens (tertiary/aromatic N) is 2. The minimum Gasteiger partial charge on any atom is -0.330 e. The van der Waals surface area contributed by atoms with Gasteiger partial charge in [-0.25, -0.2) is 0 Å². The summed E-state index contributed by atoms with van der Waals surface area (Å²) in [5.74, 6) is 0.722. The summed E-state index contributed by atoms with van der Waals surface area (Å²) in [6, 6.07) is 0.723. The molecule has 3 nitrogen and oxygen atoms in total. The Morgan fingerprint density at radius 2 is 2.12 bits per heavy atom. The van der Waals surface area contributed by atoms with Crippen LogP contribution in [0.2, 0.25) is 0 Å². The molecule has 0 aromatic carbocycles. The number of hydrogen-bond acceptors (Lipinski definition) is 3. The van der Waals surface area contributed by atoms with Crippen LogP contribution in [-0.4, -0.2) is 56.1 Å². The zero-order chi connectivity index (χ0) is 12.0. The largest absolute Gasteiger partial charge is 0.330 e. The van der Waals surface area contributed by atoms with E-state index in [1.807, 2.05) is 0 Å². The highest BCUT2D eigenvalue weighted by Crippen LogP contribution is 2.25. The van der Waals surface area contributed by atoms with Crippen LogP contribution in [-0.2, 0) is 0 Å². The Labute approximate surface area is 101 Å². The van der Waals surface area contributed by atoms with E-state index in [-0.39, 0.29) is 0 Å². The second-order valence-corrected chi connectivity index (χ2v) is 5.33. The minimum atomic E-state index is 0.722. The summed E-state index contributed by atoms with van der Waals surface area (Å²) in [5.41, 5.74) is 5.92. The van der Waals surface area contributed by atoms with Gasteiger partial charge in [0.1, 0.15) is 0 Å². The summed E-state index contributed by atoms with van der Waals surface area (Å²) in [7, 11) is 4.31. The fourth-order valence-corrected chi connectivity index (χ4v) is 2.86. The molecule has 0 spiro atoms. The van der Waals surface area contributed by atoms with Gasteiger partial charge < -0.3 is 15.5 Å². The number of likely N-dealkylation sites (tertiary alicyclic amines) is 1. The Balaban J connectivity index is 2.52. The van der Waals surface area contributed by atoms with Crippen LogP contribution in [0.5, 0.6) is 0 Å². The Morgan fingerprint density at radius 3 is 2.69 bits per heavy atom. The van der Waals surface area contributed by atoms with Crippen molar-refractivity contribution in [3.8, 4) is 0 Å². The van der Waals surface area contributed by atoms with Gasteiger partial charge in [0.15, 0.2) is 0 Å². The molecule has 0 unspecified atom stereocenters. The fourth-order valence-electron chi connectivity index (χ4n) is 2.86. The Kier molecular flexibility index (Phi) is 6.32. The van der Waals surface area contributed by atoms with Crippen molar-refractivity contribution < 1.29 is 0 Å². The highest BCUT2D eigenvalue weighted by molar-refractivity contribution is 4.85. The normalized spacial score (nSPS) is 27.6. The van der Waals surface area contributed by atoms with E-state index in [2.05, 4.69) is 30.8 Å². The predicted octanol–water partition coefficient (Wildman–Crippen LogP) is 1.39. The standard InChI is InChI=1S/C13H29N3/c1-4-8-16-9-5-6-12(11-14)13(16)7-10-15(2)3/h12-13H,4-11,14H2,1-3H3/t12-,13-/m1/s1. The molecule has 0 aromatic heterocycles. The Hall–Kier alpha value is -0.120. The van der Waals surface area contributed by atoms with Crippen LogP contribution in [0.3, 0.4) is 0 Å². The second-order valence-electron chi connectivity index (χ2n) is 5.33. The topological polar surface area (TPSA) is 32.5 Å². The number of rotatable bonds is 6. The fraction of sp³-hybridized carbons (Fsp3) is 1.00. The number of piperidine rings is 1. The molecule has 1 aliphatic rings. The van der Waals surface area contributed by atoms with Gasteiger partial charge in [-0.15, -0.1) is 0 Å². The summed E-state index contributed by atoms with van der Waals surface area (Å²) in [5, 5.41) is 0. The highest BCUT2D eigenvalue weighted by Gasteiger charge is 2.29. The maximum absolute atomic E-state index is 5.92. The molecule has 2 atom stereocenters. The highest BCUT2D eigenvalue weighted by atomic mass is 15.2. The molecule has 1 rings (SSSR count). The zero-order valence-electron chi connectivity index (χ0n) is 11.3. The van der Waals surface area contributed by atoms with Crippen molar-refractivity contribution in [1.29, 1.82) is 0 Å². The molecule has 0 bridgehead atoms. The van der Waals surface area contributed by atoms with Crippen LogP contribution in [0.25, 0.3) is 0 Å². The van der Waals surface area contributed by atoms with Crippen LogP contribution in [0.1, 0.15) is 32.6 Å². The van der Waals surface area contributed by atoms with Gasteiger partial charge in [0, 0.05) is 6.04 Å². The molecule has 16 heavy (non-hydrogen) atoms. The smallest absolute Gasteiger partial charge is 0.0148 e. The lowest BCUT2D eigenvalue weighted by molar-refractivity contribution is 0.0836. The molecule has 0 aromatic rings. The molecule has 0 saturated carbocycles. The lowest BCUT2D eigenvalue weighted by Gasteiger charge is -2.41. The van der Waals surface area contributed by atoms with Crippen LogP contribution in [0.4, 0.5) is 0 Å². The van der Waals surface area contributed by atoms with Crippen molar-refractivity contribution in [3.05, 3.63) is 0 Å². The molecule has 0 aliphatic carbocycles. The third-order valence-corrected chi connectivity index (χ3v) is 3.72. The summed E-state index contributed by atoms with van der Waals surface area (Å²) in [6.07, 6.45) is 5.19. The van der Waals surface area contributed by atoms with Crippen molar-refractivity contribution in [3.63, 3.8) is 0 Å². The van der Waals surface area contributed by atoms with Crippen LogP contribution in [0, 0.1) is 5.92 Å². The van der Waals surface area contributed by atoms with Gasteiger partial charge in [0.05, 0.1) is 0 Å². The quantitative estimate of drug-likeness (QED) is 0.744. The molecule has 1 saturated heterocycles. The van der Waals surface area contributed by atoms with E-state index < -0.39 is 0 Å². The van der Waals surface area contributed by atoms with Gasteiger partial charge in [-0.2, -0.15) is 0 Å². The van der Waals surface area contributed by atoms with Crippen LogP contribution < -0.4 is 5.73 Å². The molecular formula is C13H29N3. The monoisotopic (exact) mass is 227 g/mol. The third-order valence-electron chi connectivity index (χ3n) is 3.72. The zero-order valence-corrected chi connectivity index (χ0v) is 11.3. The van der Waals surface area contributed by atoms with E-state index in [0.717, 1.165) is 18.5 Å². The van der Waals surface area contributed by atoms with E-state index in [1.165, 1.54) is 45.3 Å². The van der Waals surface area contributed by atoms with Crippen LogP contribution in [0.15, 0.2) is 0 Å². The Morgan fingerprint density at radius 1 is 1.38 bits per heavy atom. The molecule has 2 N–H and O–H groups in total. The molecular weight excluding hydrogens is 198 g/mol. The van der Waals surface area contributed by atoms with Gasteiger partial charge in [0.25, 0.3) is 0 Å². The molecule has 1 fully saturated rings. The van der Waals surface area contributed by atoms with Gasteiger partial charge >= 0.3 is 0 Å².